The first-order chi connectivity index (χ1) is 8.53. The number of nitrogens with one attached hydrogen (secondary N) is 2. The van der Waals surface area contributed by atoms with Crippen LogP contribution in [0.2, 0.25) is 0 Å². The first kappa shape index (κ1) is 12.9. The molecule has 18 heavy (non-hydrogen) atoms. The van der Waals surface area contributed by atoms with Crippen molar-refractivity contribution in [1.29, 1.82) is 0 Å². The zero-order valence-corrected chi connectivity index (χ0v) is 11.4. The van der Waals surface area contributed by atoms with Crippen LogP contribution < -0.4 is 10.6 Å². The van der Waals surface area contributed by atoms with Gasteiger partial charge in [-0.2, -0.15) is 0 Å². The number of rotatable bonds is 3. The van der Waals surface area contributed by atoms with Gasteiger partial charge < -0.3 is 10.6 Å². The van der Waals surface area contributed by atoms with Gasteiger partial charge in [0.25, 0.3) is 5.91 Å². The van der Waals surface area contributed by atoms with Gasteiger partial charge in [-0.1, -0.05) is 26.3 Å². The summed E-state index contributed by atoms with van der Waals surface area (Å²) < 4.78 is 0. The Morgan fingerprint density at radius 3 is 2.78 bits per heavy atom. The summed E-state index contributed by atoms with van der Waals surface area (Å²) in [5, 5.41) is 6.22. The number of benzene rings is 1. The highest BCUT2D eigenvalue weighted by Crippen LogP contribution is 2.39. The summed E-state index contributed by atoms with van der Waals surface area (Å²) in [5.74, 6) is -0.0377. The monoisotopic (exact) mass is 246 g/mol. The molecule has 98 valence electrons. The molecule has 0 heterocycles. The van der Waals surface area contributed by atoms with Crippen molar-refractivity contribution in [2.24, 2.45) is 5.41 Å². The number of carbonyl (C=O) groups is 1. The summed E-state index contributed by atoms with van der Waals surface area (Å²) in [6.07, 6.45) is 3.75. The fourth-order valence-electron chi connectivity index (χ4n) is 2.69. The second kappa shape index (κ2) is 5.01. The minimum absolute atomic E-state index is 0.0377. The molecular weight excluding hydrogens is 224 g/mol. The molecule has 1 aliphatic carbocycles. The molecule has 0 spiro atoms. The smallest absolute Gasteiger partial charge is 0.251 e. The molecule has 0 bridgehead atoms. The van der Waals surface area contributed by atoms with Gasteiger partial charge in [-0.3, -0.25) is 4.79 Å². The molecule has 1 aromatic carbocycles. The highest BCUT2D eigenvalue weighted by Gasteiger charge is 2.34. The average molecular weight is 246 g/mol. The van der Waals surface area contributed by atoms with E-state index in [1.54, 1.807) is 7.05 Å². The molecule has 0 aliphatic heterocycles. The third kappa shape index (κ3) is 2.66. The lowest BCUT2D eigenvalue weighted by Crippen LogP contribution is -2.30. The van der Waals surface area contributed by atoms with Gasteiger partial charge in [0.1, 0.15) is 0 Å². The fourth-order valence-corrected chi connectivity index (χ4v) is 2.69. The zero-order chi connectivity index (χ0) is 13.2. The van der Waals surface area contributed by atoms with Gasteiger partial charge in [0, 0.05) is 24.3 Å². The van der Waals surface area contributed by atoms with Gasteiger partial charge in [0.2, 0.25) is 0 Å². The number of anilines is 1. The lowest BCUT2D eigenvalue weighted by Gasteiger charge is -2.28. The Bertz CT molecular complexity index is 440. The molecule has 1 amide bonds. The van der Waals surface area contributed by atoms with Crippen LogP contribution in [0.1, 0.15) is 43.5 Å². The van der Waals surface area contributed by atoms with Crippen molar-refractivity contribution in [3.8, 4) is 0 Å². The van der Waals surface area contributed by atoms with Crippen molar-refractivity contribution in [3.05, 3.63) is 29.8 Å². The summed E-state index contributed by atoms with van der Waals surface area (Å²) in [7, 11) is 1.66. The molecule has 0 saturated heterocycles. The maximum absolute atomic E-state index is 11.6. The van der Waals surface area contributed by atoms with Crippen LogP contribution in [-0.4, -0.2) is 19.0 Å². The lowest BCUT2D eigenvalue weighted by atomic mass is 9.87. The van der Waals surface area contributed by atoms with Gasteiger partial charge in [-0.05, 0) is 36.5 Å². The minimum Gasteiger partial charge on any atom is -0.382 e. The standard InChI is InChI=1S/C15H22N2O/c1-15(2)9-5-8-13(15)17-12-7-4-6-11(10-12)14(18)16-3/h4,6-7,10,13,17H,5,8-9H2,1-3H3,(H,16,18). The van der Waals surface area contributed by atoms with E-state index in [9.17, 15) is 4.79 Å². The Hall–Kier alpha value is -1.51. The van der Waals surface area contributed by atoms with Crippen molar-refractivity contribution in [2.75, 3.05) is 12.4 Å². The summed E-state index contributed by atoms with van der Waals surface area (Å²) >= 11 is 0. The van der Waals surface area contributed by atoms with Crippen LogP contribution in [0.15, 0.2) is 24.3 Å². The van der Waals surface area contributed by atoms with Crippen molar-refractivity contribution in [3.63, 3.8) is 0 Å². The van der Waals surface area contributed by atoms with E-state index in [4.69, 9.17) is 0 Å². The van der Waals surface area contributed by atoms with E-state index in [0.29, 0.717) is 17.0 Å². The third-order valence-corrected chi connectivity index (χ3v) is 3.95. The number of hydrogen-bond acceptors (Lipinski definition) is 2. The zero-order valence-electron chi connectivity index (χ0n) is 11.4. The topological polar surface area (TPSA) is 41.1 Å². The second-order valence-electron chi connectivity index (χ2n) is 5.74. The predicted octanol–water partition coefficient (Wildman–Crippen LogP) is 3.04. The maximum Gasteiger partial charge on any atom is 0.251 e. The lowest BCUT2D eigenvalue weighted by molar-refractivity contribution is 0.0963. The Labute approximate surface area is 109 Å². The third-order valence-electron chi connectivity index (χ3n) is 3.95. The van der Waals surface area contributed by atoms with Crippen molar-refractivity contribution in [2.45, 2.75) is 39.2 Å². The molecule has 0 radical (unpaired) electrons. The van der Waals surface area contributed by atoms with E-state index in [1.165, 1.54) is 19.3 Å². The molecule has 2 rings (SSSR count). The van der Waals surface area contributed by atoms with Crippen LogP contribution in [0, 0.1) is 5.41 Å². The Balaban J connectivity index is 2.12. The highest BCUT2D eigenvalue weighted by molar-refractivity contribution is 5.94. The molecule has 1 unspecified atom stereocenters. The van der Waals surface area contributed by atoms with Crippen LogP contribution >= 0.6 is 0 Å². The molecule has 1 atom stereocenters. The largest absolute Gasteiger partial charge is 0.382 e. The Kier molecular flexibility index (Phi) is 3.60. The van der Waals surface area contributed by atoms with Crippen LogP contribution in [-0.2, 0) is 0 Å². The molecule has 1 aromatic rings. The number of carbonyl (C=O) groups excluding carboxylic acids is 1. The van der Waals surface area contributed by atoms with E-state index in [-0.39, 0.29) is 5.91 Å². The average Bonchev–Trinajstić information content (AvgIpc) is 2.68. The van der Waals surface area contributed by atoms with Gasteiger partial charge in [0.15, 0.2) is 0 Å². The van der Waals surface area contributed by atoms with E-state index in [2.05, 4.69) is 24.5 Å². The summed E-state index contributed by atoms with van der Waals surface area (Å²) in [5.41, 5.74) is 2.08. The molecular formula is C15H22N2O. The van der Waals surface area contributed by atoms with E-state index in [0.717, 1.165) is 5.69 Å². The summed E-state index contributed by atoms with van der Waals surface area (Å²) in [4.78, 5) is 11.6. The van der Waals surface area contributed by atoms with Crippen LogP contribution in [0.5, 0.6) is 0 Å². The Morgan fingerprint density at radius 1 is 1.39 bits per heavy atom. The first-order valence-electron chi connectivity index (χ1n) is 6.61. The summed E-state index contributed by atoms with van der Waals surface area (Å²) in [6, 6.07) is 8.21. The van der Waals surface area contributed by atoms with Crippen molar-refractivity contribution < 1.29 is 4.79 Å². The number of hydrogen-bond donors (Lipinski definition) is 2. The maximum atomic E-state index is 11.6. The first-order valence-corrected chi connectivity index (χ1v) is 6.61. The molecule has 0 aromatic heterocycles. The van der Waals surface area contributed by atoms with Crippen molar-refractivity contribution in [1.82, 2.24) is 5.32 Å². The quantitative estimate of drug-likeness (QED) is 0.860. The van der Waals surface area contributed by atoms with Gasteiger partial charge in [0.05, 0.1) is 0 Å². The van der Waals surface area contributed by atoms with Crippen molar-refractivity contribution >= 4 is 11.6 Å². The second-order valence-corrected chi connectivity index (χ2v) is 5.74. The normalized spacial score (nSPS) is 21.6. The van der Waals surface area contributed by atoms with E-state index >= 15 is 0 Å². The van der Waals surface area contributed by atoms with Gasteiger partial charge in [-0.25, -0.2) is 0 Å². The van der Waals surface area contributed by atoms with Crippen LogP contribution in [0.25, 0.3) is 0 Å². The molecule has 1 saturated carbocycles. The number of amides is 1. The van der Waals surface area contributed by atoms with Crippen LogP contribution in [0.3, 0.4) is 0 Å². The van der Waals surface area contributed by atoms with E-state index in [1.807, 2.05) is 24.3 Å². The van der Waals surface area contributed by atoms with Gasteiger partial charge in [-0.15, -0.1) is 0 Å². The molecule has 2 N–H and O–H groups in total. The molecule has 3 heteroatoms. The fraction of sp³-hybridized carbons (Fsp3) is 0.533. The molecule has 1 aliphatic rings. The highest BCUT2D eigenvalue weighted by atomic mass is 16.1. The SMILES string of the molecule is CNC(=O)c1cccc(NC2CCCC2(C)C)c1. The predicted molar refractivity (Wildman–Crippen MR) is 74.9 cm³/mol. The minimum atomic E-state index is -0.0377. The Morgan fingerprint density at radius 2 is 2.17 bits per heavy atom. The van der Waals surface area contributed by atoms with Crippen LogP contribution in [0.4, 0.5) is 5.69 Å². The van der Waals surface area contributed by atoms with E-state index < -0.39 is 0 Å². The molecule has 3 nitrogen and oxygen atoms in total. The molecule has 1 fully saturated rings. The summed E-state index contributed by atoms with van der Waals surface area (Å²) in [6.45, 7) is 4.61. The van der Waals surface area contributed by atoms with Gasteiger partial charge >= 0.3 is 0 Å².